The summed E-state index contributed by atoms with van der Waals surface area (Å²) in [5.41, 5.74) is 19.2. The van der Waals surface area contributed by atoms with Crippen molar-refractivity contribution in [3.05, 3.63) is 52.6 Å². The zero-order chi connectivity index (χ0) is 27.0. The van der Waals surface area contributed by atoms with Crippen LogP contribution in [0.2, 0.25) is 0 Å². The fraction of sp³-hybridized carbons (Fsp3) is 0.538. The minimum atomic E-state index is -0.620. The summed E-state index contributed by atoms with van der Waals surface area (Å²) in [4.78, 5) is 47.5. The monoisotopic (exact) mass is 523 g/mol. The SMILES string of the molecule is CC12CN(Cc3ccc(-n4ccc(NC(=O)N5CCN(C(=O)C(N)CCN)CC5)nc4=O)cc3)CC1C2N. The number of likely N-dealkylation sites (tertiary alicyclic amines) is 1. The number of anilines is 1. The van der Waals surface area contributed by atoms with Gasteiger partial charge < -0.3 is 27.0 Å². The van der Waals surface area contributed by atoms with Crippen LogP contribution in [0.4, 0.5) is 10.6 Å². The van der Waals surface area contributed by atoms with Crippen LogP contribution in [-0.2, 0) is 11.3 Å². The molecule has 2 saturated heterocycles. The maximum absolute atomic E-state index is 12.7. The van der Waals surface area contributed by atoms with Crippen molar-refractivity contribution in [2.24, 2.45) is 28.5 Å². The Balaban J connectivity index is 1.13. The molecule has 1 saturated carbocycles. The number of piperazine rings is 1. The van der Waals surface area contributed by atoms with E-state index in [0.717, 1.165) is 19.6 Å². The first kappa shape index (κ1) is 26.3. The zero-order valence-corrected chi connectivity index (χ0v) is 21.8. The minimum absolute atomic E-state index is 0.152. The standard InChI is InChI=1S/C26H37N9O3/c1-26-16-32(15-19(26)22(26)29)14-17-2-4-18(5-3-17)35-9-7-21(31-25(35)38)30-24(37)34-12-10-33(11-13-34)23(36)20(28)6-8-27/h2-5,7,9,19-20,22H,6,8,10-16,27-29H2,1H3,(H,30,31,37,38). The number of piperidine rings is 1. The number of hydrogen-bond acceptors (Lipinski definition) is 8. The molecule has 0 bridgehead atoms. The number of rotatable bonds is 7. The van der Waals surface area contributed by atoms with Crippen molar-refractivity contribution in [1.29, 1.82) is 0 Å². The van der Waals surface area contributed by atoms with Gasteiger partial charge in [-0.2, -0.15) is 4.98 Å². The molecule has 38 heavy (non-hydrogen) atoms. The molecule has 4 unspecified atom stereocenters. The summed E-state index contributed by atoms with van der Waals surface area (Å²) in [6.07, 6.45) is 2.03. The molecule has 2 aromatic rings. The van der Waals surface area contributed by atoms with Gasteiger partial charge in [0.1, 0.15) is 5.82 Å². The Labute approximate surface area is 221 Å². The van der Waals surface area contributed by atoms with Crippen molar-refractivity contribution in [2.75, 3.05) is 51.1 Å². The lowest BCUT2D eigenvalue weighted by molar-refractivity contribution is -0.134. The topological polar surface area (TPSA) is 169 Å². The molecular formula is C26H37N9O3. The number of nitrogens with zero attached hydrogens (tertiary/aromatic N) is 5. The Morgan fingerprint density at radius 3 is 2.42 bits per heavy atom. The van der Waals surface area contributed by atoms with Crippen LogP contribution >= 0.6 is 0 Å². The third kappa shape index (κ3) is 5.17. The number of benzene rings is 1. The number of fused-ring (bicyclic) bond motifs is 1. The van der Waals surface area contributed by atoms with E-state index in [2.05, 4.69) is 22.1 Å². The lowest BCUT2D eigenvalue weighted by Gasteiger charge is -2.35. The average Bonchev–Trinajstić information content (AvgIpc) is 3.22. The Bertz CT molecular complexity index is 1240. The lowest BCUT2D eigenvalue weighted by atomic mass is 10.1. The summed E-state index contributed by atoms with van der Waals surface area (Å²) in [5, 5.41) is 2.68. The van der Waals surface area contributed by atoms with Crippen LogP contribution in [0.3, 0.4) is 0 Å². The maximum atomic E-state index is 12.7. The van der Waals surface area contributed by atoms with E-state index < -0.39 is 11.7 Å². The summed E-state index contributed by atoms with van der Waals surface area (Å²) in [5.74, 6) is 0.626. The molecule has 4 atom stereocenters. The number of carbonyl (C=O) groups excluding carboxylic acids is 2. The fourth-order valence-corrected chi connectivity index (χ4v) is 5.73. The number of aromatic nitrogens is 2. The summed E-state index contributed by atoms with van der Waals surface area (Å²) in [6.45, 7) is 7.03. The molecule has 204 valence electrons. The van der Waals surface area contributed by atoms with Crippen LogP contribution in [0.25, 0.3) is 5.69 Å². The highest BCUT2D eigenvalue weighted by atomic mass is 16.2. The molecule has 3 fully saturated rings. The Hall–Kier alpha value is -3.32. The van der Waals surface area contributed by atoms with Gasteiger partial charge in [0.2, 0.25) is 5.91 Å². The van der Waals surface area contributed by atoms with Crippen LogP contribution in [-0.4, -0.2) is 94.1 Å². The number of hydrogen-bond donors (Lipinski definition) is 4. The van der Waals surface area contributed by atoms with Crippen molar-refractivity contribution in [3.63, 3.8) is 0 Å². The molecule has 0 spiro atoms. The number of amides is 3. The Morgan fingerprint density at radius 1 is 1.13 bits per heavy atom. The van der Waals surface area contributed by atoms with Gasteiger partial charge >= 0.3 is 11.7 Å². The lowest BCUT2D eigenvalue weighted by Crippen LogP contribution is -2.55. The first-order valence-corrected chi connectivity index (χ1v) is 13.2. The van der Waals surface area contributed by atoms with E-state index in [0.29, 0.717) is 56.8 Å². The summed E-state index contributed by atoms with van der Waals surface area (Å²) in [6, 6.07) is 8.80. The Morgan fingerprint density at radius 2 is 1.82 bits per heavy atom. The first-order valence-electron chi connectivity index (χ1n) is 13.2. The van der Waals surface area contributed by atoms with Crippen molar-refractivity contribution >= 4 is 17.8 Å². The van der Waals surface area contributed by atoms with Crippen molar-refractivity contribution in [3.8, 4) is 5.69 Å². The normalized spacial score (nSPS) is 25.7. The zero-order valence-electron chi connectivity index (χ0n) is 21.8. The van der Waals surface area contributed by atoms with Crippen LogP contribution in [0.1, 0.15) is 18.9 Å². The molecule has 3 amide bonds. The largest absolute Gasteiger partial charge is 0.354 e. The molecule has 3 aliphatic rings. The van der Waals surface area contributed by atoms with E-state index in [1.807, 2.05) is 24.3 Å². The van der Waals surface area contributed by atoms with Gasteiger partial charge in [-0.25, -0.2) is 9.59 Å². The second kappa shape index (κ2) is 10.4. The van der Waals surface area contributed by atoms with Gasteiger partial charge in [-0.15, -0.1) is 0 Å². The van der Waals surface area contributed by atoms with E-state index in [1.54, 1.807) is 22.1 Å². The maximum Gasteiger partial charge on any atom is 0.354 e. The minimum Gasteiger partial charge on any atom is -0.338 e. The van der Waals surface area contributed by atoms with E-state index in [1.165, 1.54) is 10.1 Å². The summed E-state index contributed by atoms with van der Waals surface area (Å²) >= 11 is 0. The van der Waals surface area contributed by atoms with E-state index in [4.69, 9.17) is 17.2 Å². The molecular weight excluding hydrogens is 486 g/mol. The molecule has 7 N–H and O–H groups in total. The van der Waals surface area contributed by atoms with Crippen molar-refractivity contribution < 1.29 is 9.59 Å². The summed E-state index contributed by atoms with van der Waals surface area (Å²) < 4.78 is 1.44. The predicted molar refractivity (Wildman–Crippen MR) is 144 cm³/mol. The first-order chi connectivity index (χ1) is 18.2. The molecule has 12 heteroatoms. The van der Waals surface area contributed by atoms with Crippen molar-refractivity contribution in [2.45, 2.75) is 32.0 Å². The molecule has 2 aliphatic heterocycles. The van der Waals surface area contributed by atoms with Gasteiger partial charge in [0.25, 0.3) is 0 Å². The fourth-order valence-electron chi connectivity index (χ4n) is 5.73. The quantitative estimate of drug-likeness (QED) is 0.372. The van der Waals surface area contributed by atoms with Crippen LogP contribution < -0.4 is 28.2 Å². The molecule has 1 aromatic carbocycles. The summed E-state index contributed by atoms with van der Waals surface area (Å²) in [7, 11) is 0. The molecule has 1 aliphatic carbocycles. The molecule has 1 aromatic heterocycles. The van der Waals surface area contributed by atoms with Gasteiger partial charge in [0, 0.05) is 63.5 Å². The van der Waals surface area contributed by atoms with Crippen LogP contribution in [0.15, 0.2) is 41.3 Å². The second-order valence-corrected chi connectivity index (χ2v) is 10.9. The number of urea groups is 1. The van der Waals surface area contributed by atoms with E-state index in [-0.39, 0.29) is 23.2 Å². The Kier molecular flexibility index (Phi) is 7.23. The smallest absolute Gasteiger partial charge is 0.338 e. The molecule has 3 heterocycles. The molecule has 5 rings (SSSR count). The highest BCUT2D eigenvalue weighted by Gasteiger charge is 2.63. The van der Waals surface area contributed by atoms with Gasteiger partial charge in [-0.1, -0.05) is 19.1 Å². The number of nitrogens with one attached hydrogen (secondary N) is 1. The van der Waals surface area contributed by atoms with Gasteiger partial charge in [0.15, 0.2) is 0 Å². The number of nitrogens with two attached hydrogens (primary N) is 3. The van der Waals surface area contributed by atoms with Crippen LogP contribution in [0, 0.1) is 11.3 Å². The van der Waals surface area contributed by atoms with Gasteiger partial charge in [-0.05, 0) is 42.6 Å². The highest BCUT2D eigenvalue weighted by Crippen LogP contribution is 2.56. The number of carbonyl (C=O) groups is 2. The highest BCUT2D eigenvalue weighted by molar-refractivity contribution is 5.88. The van der Waals surface area contributed by atoms with Gasteiger partial charge in [0.05, 0.1) is 11.7 Å². The van der Waals surface area contributed by atoms with Crippen LogP contribution in [0.5, 0.6) is 0 Å². The average molecular weight is 524 g/mol. The van der Waals surface area contributed by atoms with E-state index >= 15 is 0 Å². The predicted octanol–water partition coefficient (Wildman–Crippen LogP) is -0.636. The van der Waals surface area contributed by atoms with Crippen molar-refractivity contribution in [1.82, 2.24) is 24.3 Å². The molecule has 12 nitrogen and oxygen atoms in total. The third-order valence-corrected chi connectivity index (χ3v) is 8.28. The third-order valence-electron chi connectivity index (χ3n) is 8.28. The second-order valence-electron chi connectivity index (χ2n) is 10.9. The van der Waals surface area contributed by atoms with E-state index in [9.17, 15) is 14.4 Å². The molecule has 0 radical (unpaired) electrons. The van der Waals surface area contributed by atoms with Gasteiger partial charge in [-0.3, -0.25) is 19.6 Å².